The van der Waals surface area contributed by atoms with Gasteiger partial charge in [-0.05, 0) is 18.4 Å². The number of benzene rings is 1. The number of amides is 1. The van der Waals surface area contributed by atoms with Gasteiger partial charge in [-0.3, -0.25) is 4.79 Å². The lowest BCUT2D eigenvalue weighted by Crippen LogP contribution is -2.39. The summed E-state index contributed by atoms with van der Waals surface area (Å²) in [5.74, 6) is 0.255. The maximum absolute atomic E-state index is 12.0. The highest BCUT2D eigenvalue weighted by Gasteiger charge is 2.20. The number of alkyl halides is 1. The summed E-state index contributed by atoms with van der Waals surface area (Å²) in [5.41, 5.74) is 1.11. The number of carbonyl (C=O) groups excluding carboxylic acids is 1. The zero-order valence-electron chi connectivity index (χ0n) is 9.23. The average molecular weight is 282 g/mol. The van der Waals surface area contributed by atoms with Crippen LogP contribution in [0.5, 0.6) is 0 Å². The van der Waals surface area contributed by atoms with Crippen molar-refractivity contribution in [1.29, 1.82) is 0 Å². The van der Waals surface area contributed by atoms with Crippen LogP contribution in [0.2, 0.25) is 0 Å². The van der Waals surface area contributed by atoms with Gasteiger partial charge < -0.3 is 4.90 Å². The summed E-state index contributed by atoms with van der Waals surface area (Å²) < 4.78 is 0. The van der Waals surface area contributed by atoms with Crippen LogP contribution >= 0.6 is 15.9 Å². The molecule has 0 aromatic heterocycles. The molecule has 0 saturated carbocycles. The van der Waals surface area contributed by atoms with E-state index in [1.807, 2.05) is 35.2 Å². The Morgan fingerprint density at radius 2 is 1.88 bits per heavy atom. The topological polar surface area (TPSA) is 20.3 Å². The fourth-order valence-corrected chi connectivity index (χ4v) is 2.39. The van der Waals surface area contributed by atoms with Gasteiger partial charge in [-0.1, -0.05) is 46.3 Å². The first-order valence-corrected chi connectivity index (χ1v) is 6.63. The molecule has 2 rings (SSSR count). The van der Waals surface area contributed by atoms with Gasteiger partial charge in [0.1, 0.15) is 0 Å². The first-order chi connectivity index (χ1) is 7.75. The van der Waals surface area contributed by atoms with Gasteiger partial charge in [0.05, 0.1) is 6.42 Å². The lowest BCUT2D eigenvalue weighted by atomic mass is 10.1. The van der Waals surface area contributed by atoms with E-state index >= 15 is 0 Å². The summed E-state index contributed by atoms with van der Waals surface area (Å²) in [7, 11) is 0. The Balaban J connectivity index is 1.89. The molecule has 0 spiro atoms. The van der Waals surface area contributed by atoms with Gasteiger partial charge in [0.2, 0.25) is 5.91 Å². The maximum Gasteiger partial charge on any atom is 0.226 e. The third-order valence-electron chi connectivity index (χ3n) is 2.98. The number of piperidine rings is 1. The largest absolute Gasteiger partial charge is 0.342 e. The van der Waals surface area contributed by atoms with Crippen molar-refractivity contribution in [2.24, 2.45) is 0 Å². The standard InChI is InChI=1S/C13H16BrNO/c14-12-6-8-15(9-7-12)13(16)10-11-4-2-1-3-5-11/h1-5,12H,6-10H2. The minimum Gasteiger partial charge on any atom is -0.342 e. The number of halogens is 1. The van der Waals surface area contributed by atoms with Crippen LogP contribution in [0.15, 0.2) is 30.3 Å². The Labute approximate surface area is 105 Å². The van der Waals surface area contributed by atoms with Gasteiger partial charge >= 0.3 is 0 Å². The van der Waals surface area contributed by atoms with E-state index in [1.165, 1.54) is 0 Å². The molecule has 16 heavy (non-hydrogen) atoms. The molecule has 3 heteroatoms. The van der Waals surface area contributed by atoms with Crippen molar-refractivity contribution < 1.29 is 4.79 Å². The molecule has 1 aromatic carbocycles. The number of hydrogen-bond donors (Lipinski definition) is 0. The van der Waals surface area contributed by atoms with Crippen molar-refractivity contribution >= 4 is 21.8 Å². The Hall–Kier alpha value is -0.830. The Kier molecular flexibility index (Phi) is 3.99. The van der Waals surface area contributed by atoms with Crippen molar-refractivity contribution in [3.05, 3.63) is 35.9 Å². The second-order valence-electron chi connectivity index (χ2n) is 4.22. The first kappa shape index (κ1) is 11.6. The minimum absolute atomic E-state index is 0.255. The summed E-state index contributed by atoms with van der Waals surface area (Å²) in [6, 6.07) is 9.95. The predicted octanol–water partition coefficient (Wildman–Crippen LogP) is 2.62. The minimum atomic E-state index is 0.255. The highest BCUT2D eigenvalue weighted by atomic mass is 79.9. The van der Waals surface area contributed by atoms with Crippen molar-refractivity contribution in [3.8, 4) is 0 Å². The molecule has 1 fully saturated rings. The van der Waals surface area contributed by atoms with Crippen molar-refractivity contribution in [1.82, 2.24) is 4.90 Å². The van der Waals surface area contributed by atoms with E-state index in [1.54, 1.807) is 0 Å². The normalized spacial score (nSPS) is 17.4. The molecule has 1 amide bonds. The molecule has 0 radical (unpaired) electrons. The SMILES string of the molecule is O=C(Cc1ccccc1)N1CCC(Br)CC1. The fraction of sp³-hybridized carbons (Fsp3) is 0.462. The van der Waals surface area contributed by atoms with Gasteiger partial charge in [0, 0.05) is 17.9 Å². The molecule has 2 nitrogen and oxygen atoms in total. The van der Waals surface area contributed by atoms with Crippen LogP contribution in [0.4, 0.5) is 0 Å². The Morgan fingerprint density at radius 1 is 1.25 bits per heavy atom. The summed E-state index contributed by atoms with van der Waals surface area (Å²) in [4.78, 5) is 14.6. The summed E-state index contributed by atoms with van der Waals surface area (Å²) >= 11 is 3.59. The molecule has 1 heterocycles. The molecule has 0 N–H and O–H groups in total. The van der Waals surface area contributed by atoms with Gasteiger partial charge in [-0.15, -0.1) is 0 Å². The van der Waals surface area contributed by atoms with Gasteiger partial charge in [0.25, 0.3) is 0 Å². The van der Waals surface area contributed by atoms with Gasteiger partial charge in [-0.2, -0.15) is 0 Å². The molecular formula is C13H16BrNO. The van der Waals surface area contributed by atoms with Gasteiger partial charge in [-0.25, -0.2) is 0 Å². The van der Waals surface area contributed by atoms with E-state index in [0.29, 0.717) is 11.2 Å². The van der Waals surface area contributed by atoms with Crippen LogP contribution in [-0.2, 0) is 11.2 Å². The Morgan fingerprint density at radius 3 is 2.50 bits per heavy atom. The van der Waals surface area contributed by atoms with Crippen LogP contribution in [0.25, 0.3) is 0 Å². The molecule has 1 aliphatic rings. The molecule has 0 atom stereocenters. The van der Waals surface area contributed by atoms with E-state index in [2.05, 4.69) is 15.9 Å². The van der Waals surface area contributed by atoms with Crippen LogP contribution in [-0.4, -0.2) is 28.7 Å². The van der Waals surface area contributed by atoms with E-state index in [0.717, 1.165) is 31.5 Å². The van der Waals surface area contributed by atoms with Crippen LogP contribution < -0.4 is 0 Å². The van der Waals surface area contributed by atoms with Crippen molar-refractivity contribution in [2.75, 3.05) is 13.1 Å². The quantitative estimate of drug-likeness (QED) is 0.764. The monoisotopic (exact) mass is 281 g/mol. The molecule has 0 aliphatic carbocycles. The molecule has 0 bridgehead atoms. The lowest BCUT2D eigenvalue weighted by molar-refractivity contribution is -0.131. The third-order valence-corrected chi connectivity index (χ3v) is 3.89. The third kappa shape index (κ3) is 3.08. The van der Waals surface area contributed by atoms with E-state index in [9.17, 15) is 4.79 Å². The second kappa shape index (κ2) is 5.48. The Bertz CT molecular complexity index is 344. The molecule has 1 aromatic rings. The molecule has 1 aliphatic heterocycles. The number of nitrogens with zero attached hydrogens (tertiary/aromatic N) is 1. The van der Waals surface area contributed by atoms with Crippen LogP contribution in [0, 0.1) is 0 Å². The maximum atomic E-state index is 12.0. The van der Waals surface area contributed by atoms with E-state index in [4.69, 9.17) is 0 Å². The summed E-state index contributed by atoms with van der Waals surface area (Å²) in [6.07, 6.45) is 2.68. The number of rotatable bonds is 2. The zero-order chi connectivity index (χ0) is 11.4. The summed E-state index contributed by atoms with van der Waals surface area (Å²) in [6.45, 7) is 1.78. The van der Waals surface area contributed by atoms with Crippen LogP contribution in [0.3, 0.4) is 0 Å². The first-order valence-electron chi connectivity index (χ1n) is 5.71. The average Bonchev–Trinajstić information content (AvgIpc) is 2.31. The highest BCUT2D eigenvalue weighted by Crippen LogP contribution is 2.18. The molecule has 0 unspecified atom stereocenters. The number of carbonyl (C=O) groups is 1. The predicted molar refractivity (Wildman–Crippen MR) is 68.7 cm³/mol. The highest BCUT2D eigenvalue weighted by molar-refractivity contribution is 9.09. The van der Waals surface area contributed by atoms with Crippen molar-refractivity contribution in [3.63, 3.8) is 0 Å². The van der Waals surface area contributed by atoms with Crippen LogP contribution in [0.1, 0.15) is 18.4 Å². The van der Waals surface area contributed by atoms with Gasteiger partial charge in [0.15, 0.2) is 0 Å². The summed E-state index contributed by atoms with van der Waals surface area (Å²) in [5, 5.41) is 0. The van der Waals surface area contributed by atoms with Crippen molar-refractivity contribution in [2.45, 2.75) is 24.1 Å². The van der Waals surface area contributed by atoms with E-state index in [-0.39, 0.29) is 5.91 Å². The molecule has 86 valence electrons. The lowest BCUT2D eigenvalue weighted by Gasteiger charge is -2.29. The number of hydrogen-bond acceptors (Lipinski definition) is 1. The fourth-order valence-electron chi connectivity index (χ4n) is 1.98. The molecular weight excluding hydrogens is 266 g/mol. The molecule has 1 saturated heterocycles. The second-order valence-corrected chi connectivity index (χ2v) is 5.51. The van der Waals surface area contributed by atoms with E-state index < -0.39 is 0 Å². The smallest absolute Gasteiger partial charge is 0.226 e. The number of likely N-dealkylation sites (tertiary alicyclic amines) is 1. The zero-order valence-corrected chi connectivity index (χ0v) is 10.8.